The summed E-state index contributed by atoms with van der Waals surface area (Å²) in [6.07, 6.45) is 3.73. The number of piperidine rings is 1. The third kappa shape index (κ3) is 4.44. The molecule has 1 amide bonds. The maximum atomic E-state index is 11.5. The highest BCUT2D eigenvalue weighted by atomic mass is 16.5. The van der Waals surface area contributed by atoms with E-state index in [0.29, 0.717) is 6.54 Å². The van der Waals surface area contributed by atoms with Gasteiger partial charge in [-0.25, -0.2) is 0 Å². The van der Waals surface area contributed by atoms with Crippen LogP contribution < -0.4 is 15.8 Å². The maximum absolute atomic E-state index is 11.5. The number of nitrogens with zero attached hydrogens (tertiary/aromatic N) is 1. The highest BCUT2D eigenvalue weighted by Gasteiger charge is 2.22. The fourth-order valence-corrected chi connectivity index (χ4v) is 2.80. The molecule has 5 nitrogen and oxygen atoms in total. The summed E-state index contributed by atoms with van der Waals surface area (Å²) >= 11 is 0. The van der Waals surface area contributed by atoms with E-state index in [4.69, 9.17) is 10.5 Å². The molecule has 0 radical (unpaired) electrons. The molecular weight excluding hydrogens is 266 g/mol. The molecule has 0 spiro atoms. The van der Waals surface area contributed by atoms with E-state index in [1.165, 1.54) is 24.8 Å². The Morgan fingerprint density at radius 2 is 1.95 bits per heavy atom. The quantitative estimate of drug-likeness (QED) is 0.829. The highest BCUT2D eigenvalue weighted by Crippen LogP contribution is 2.25. The van der Waals surface area contributed by atoms with Crippen molar-refractivity contribution in [1.82, 2.24) is 10.2 Å². The van der Waals surface area contributed by atoms with E-state index >= 15 is 0 Å². The molecule has 0 bridgehead atoms. The standard InChI is InChI=1S/C16H25N3O2/c1-21-14-7-5-13(6-8-14)15(12-18-16(20)11-17)19-9-3-2-4-10-19/h5-8,15H,2-4,9-12,17H2,1H3,(H,18,20). The number of nitrogens with one attached hydrogen (secondary N) is 1. The van der Waals surface area contributed by atoms with Gasteiger partial charge in [-0.2, -0.15) is 0 Å². The van der Waals surface area contributed by atoms with Crippen LogP contribution in [0.4, 0.5) is 0 Å². The molecule has 1 unspecified atom stereocenters. The summed E-state index contributed by atoms with van der Waals surface area (Å²) in [6, 6.07) is 8.29. The molecule has 21 heavy (non-hydrogen) atoms. The maximum Gasteiger partial charge on any atom is 0.233 e. The minimum atomic E-state index is -0.106. The van der Waals surface area contributed by atoms with Gasteiger partial charge < -0.3 is 15.8 Å². The van der Waals surface area contributed by atoms with E-state index in [9.17, 15) is 4.79 Å². The Morgan fingerprint density at radius 1 is 1.29 bits per heavy atom. The van der Waals surface area contributed by atoms with E-state index in [-0.39, 0.29) is 18.5 Å². The molecule has 5 heteroatoms. The van der Waals surface area contributed by atoms with Crippen molar-refractivity contribution < 1.29 is 9.53 Å². The molecule has 0 aromatic heterocycles. The Morgan fingerprint density at radius 3 is 2.52 bits per heavy atom. The van der Waals surface area contributed by atoms with Gasteiger partial charge >= 0.3 is 0 Å². The van der Waals surface area contributed by atoms with Crippen molar-refractivity contribution in [2.45, 2.75) is 25.3 Å². The second kappa shape index (κ2) is 8.00. The summed E-state index contributed by atoms with van der Waals surface area (Å²) in [5, 5.41) is 2.92. The van der Waals surface area contributed by atoms with Crippen molar-refractivity contribution in [1.29, 1.82) is 0 Å². The van der Waals surface area contributed by atoms with Crippen LogP contribution in [0.5, 0.6) is 5.75 Å². The number of nitrogens with two attached hydrogens (primary N) is 1. The minimum Gasteiger partial charge on any atom is -0.497 e. The summed E-state index contributed by atoms with van der Waals surface area (Å²) in [7, 11) is 1.67. The first kappa shape index (κ1) is 15.8. The Kier molecular flexibility index (Phi) is 6.02. The minimum absolute atomic E-state index is 0.0370. The fraction of sp³-hybridized carbons (Fsp3) is 0.562. The van der Waals surface area contributed by atoms with Crippen LogP contribution in [0.2, 0.25) is 0 Å². The normalized spacial score (nSPS) is 17.2. The van der Waals surface area contributed by atoms with Crippen LogP contribution in [-0.4, -0.2) is 44.1 Å². The molecule has 0 saturated carbocycles. The van der Waals surface area contributed by atoms with Gasteiger partial charge in [-0.1, -0.05) is 18.6 Å². The number of carbonyl (C=O) groups excluding carboxylic acids is 1. The van der Waals surface area contributed by atoms with Crippen molar-refractivity contribution in [2.24, 2.45) is 5.73 Å². The number of likely N-dealkylation sites (tertiary alicyclic amines) is 1. The fourth-order valence-electron chi connectivity index (χ4n) is 2.80. The first-order valence-corrected chi connectivity index (χ1v) is 7.59. The van der Waals surface area contributed by atoms with Gasteiger partial charge in [-0.05, 0) is 43.6 Å². The van der Waals surface area contributed by atoms with Crippen LogP contribution >= 0.6 is 0 Å². The van der Waals surface area contributed by atoms with Gasteiger partial charge in [0.05, 0.1) is 19.7 Å². The average Bonchev–Trinajstić information content (AvgIpc) is 2.56. The lowest BCUT2D eigenvalue weighted by Gasteiger charge is -2.35. The zero-order chi connectivity index (χ0) is 15.1. The topological polar surface area (TPSA) is 67.6 Å². The third-order valence-corrected chi connectivity index (χ3v) is 4.01. The second-order valence-corrected chi connectivity index (χ2v) is 5.39. The van der Waals surface area contributed by atoms with E-state index in [0.717, 1.165) is 18.8 Å². The molecule has 1 aromatic carbocycles. The Balaban J connectivity index is 2.10. The summed E-state index contributed by atoms with van der Waals surface area (Å²) in [4.78, 5) is 13.9. The van der Waals surface area contributed by atoms with Crippen LogP contribution in [0.1, 0.15) is 30.9 Å². The smallest absolute Gasteiger partial charge is 0.233 e. The summed E-state index contributed by atoms with van der Waals surface area (Å²) in [6.45, 7) is 2.79. The molecular formula is C16H25N3O2. The van der Waals surface area contributed by atoms with E-state index in [1.54, 1.807) is 7.11 Å². The lowest BCUT2D eigenvalue weighted by Crippen LogP contribution is -2.42. The lowest BCUT2D eigenvalue weighted by molar-refractivity contribution is -0.120. The predicted octanol–water partition coefficient (Wildman–Crippen LogP) is 1.30. The van der Waals surface area contributed by atoms with Gasteiger partial charge in [0.1, 0.15) is 5.75 Å². The van der Waals surface area contributed by atoms with Gasteiger partial charge in [0.15, 0.2) is 0 Å². The van der Waals surface area contributed by atoms with Gasteiger partial charge in [0.2, 0.25) is 5.91 Å². The van der Waals surface area contributed by atoms with E-state index in [2.05, 4.69) is 22.3 Å². The van der Waals surface area contributed by atoms with Gasteiger partial charge in [0, 0.05) is 6.54 Å². The number of amides is 1. The number of rotatable bonds is 6. The number of hydrogen-bond donors (Lipinski definition) is 2. The largest absolute Gasteiger partial charge is 0.497 e. The SMILES string of the molecule is COc1ccc(C(CNC(=O)CN)N2CCCCC2)cc1. The molecule has 1 aromatic rings. The first-order valence-electron chi connectivity index (χ1n) is 7.59. The number of ether oxygens (including phenoxy) is 1. The predicted molar refractivity (Wildman–Crippen MR) is 83.2 cm³/mol. The first-order chi connectivity index (χ1) is 10.2. The Hall–Kier alpha value is -1.59. The molecule has 1 fully saturated rings. The Labute approximate surface area is 126 Å². The third-order valence-electron chi connectivity index (χ3n) is 4.01. The molecule has 1 aliphatic heterocycles. The number of carbonyl (C=O) groups is 1. The molecule has 3 N–H and O–H groups in total. The average molecular weight is 291 g/mol. The van der Waals surface area contributed by atoms with E-state index < -0.39 is 0 Å². The summed E-state index contributed by atoms with van der Waals surface area (Å²) in [5.74, 6) is 0.743. The second-order valence-electron chi connectivity index (χ2n) is 5.39. The van der Waals surface area contributed by atoms with Crippen molar-refractivity contribution in [2.75, 3.05) is 33.3 Å². The van der Waals surface area contributed by atoms with Crippen LogP contribution in [0.3, 0.4) is 0 Å². The highest BCUT2D eigenvalue weighted by molar-refractivity contribution is 5.77. The zero-order valence-electron chi connectivity index (χ0n) is 12.7. The van der Waals surface area contributed by atoms with Crippen LogP contribution in [0.25, 0.3) is 0 Å². The number of methoxy groups -OCH3 is 1. The molecule has 116 valence electrons. The van der Waals surface area contributed by atoms with Crippen LogP contribution in [0.15, 0.2) is 24.3 Å². The molecule has 1 saturated heterocycles. The van der Waals surface area contributed by atoms with Gasteiger partial charge in [-0.3, -0.25) is 9.69 Å². The number of benzene rings is 1. The molecule has 2 rings (SSSR count). The van der Waals surface area contributed by atoms with Gasteiger partial charge in [0.25, 0.3) is 0 Å². The molecule has 0 aliphatic carbocycles. The number of hydrogen-bond acceptors (Lipinski definition) is 4. The van der Waals surface area contributed by atoms with Gasteiger partial charge in [-0.15, -0.1) is 0 Å². The molecule has 1 atom stereocenters. The Bertz CT molecular complexity index is 441. The van der Waals surface area contributed by atoms with Crippen LogP contribution in [0, 0.1) is 0 Å². The van der Waals surface area contributed by atoms with E-state index in [1.807, 2.05) is 12.1 Å². The van der Waals surface area contributed by atoms with Crippen molar-refractivity contribution in [3.05, 3.63) is 29.8 Å². The summed E-state index contributed by atoms with van der Waals surface area (Å²) < 4.78 is 5.21. The summed E-state index contributed by atoms with van der Waals surface area (Å²) in [5.41, 5.74) is 6.57. The van der Waals surface area contributed by atoms with Crippen molar-refractivity contribution in [3.8, 4) is 5.75 Å². The zero-order valence-corrected chi connectivity index (χ0v) is 12.7. The monoisotopic (exact) mass is 291 g/mol. The lowest BCUT2D eigenvalue weighted by atomic mass is 10.0. The van der Waals surface area contributed by atoms with Crippen molar-refractivity contribution in [3.63, 3.8) is 0 Å². The van der Waals surface area contributed by atoms with Crippen LogP contribution in [-0.2, 0) is 4.79 Å². The molecule has 1 aliphatic rings. The molecule has 1 heterocycles. The van der Waals surface area contributed by atoms with Crippen molar-refractivity contribution >= 4 is 5.91 Å².